The summed E-state index contributed by atoms with van der Waals surface area (Å²) in [6.07, 6.45) is -0.0220. The lowest BCUT2D eigenvalue weighted by molar-refractivity contribution is -0.121. The van der Waals surface area contributed by atoms with E-state index in [1.165, 1.54) is 0 Å². The molecule has 4 heteroatoms. The van der Waals surface area contributed by atoms with E-state index in [4.69, 9.17) is 4.42 Å². The van der Waals surface area contributed by atoms with Crippen molar-refractivity contribution in [1.29, 1.82) is 0 Å². The lowest BCUT2D eigenvalue weighted by Gasteiger charge is -1.82. The minimum atomic E-state index is -0.0220. The van der Waals surface area contributed by atoms with E-state index in [1.54, 1.807) is 12.1 Å². The standard InChI is InChI=1S/C8H5NO3/c10-5-11-8-9-6-3-1-2-4-7(6)12-8/h1-5H. The lowest BCUT2D eigenvalue weighted by Crippen LogP contribution is -1.86. The summed E-state index contributed by atoms with van der Waals surface area (Å²) >= 11 is 0. The summed E-state index contributed by atoms with van der Waals surface area (Å²) in [7, 11) is 0. The molecule has 0 fully saturated rings. The minimum absolute atomic E-state index is 0.0220. The number of aromatic nitrogens is 1. The van der Waals surface area contributed by atoms with E-state index in [-0.39, 0.29) is 12.5 Å². The molecule has 0 aliphatic rings. The second-order valence-electron chi connectivity index (χ2n) is 2.16. The van der Waals surface area contributed by atoms with Gasteiger partial charge >= 0.3 is 12.5 Å². The second-order valence-corrected chi connectivity index (χ2v) is 2.16. The molecule has 1 heterocycles. The van der Waals surface area contributed by atoms with Crippen LogP contribution in [-0.4, -0.2) is 11.5 Å². The first-order valence-corrected chi connectivity index (χ1v) is 3.36. The fourth-order valence-electron chi connectivity index (χ4n) is 0.943. The number of oxazole rings is 1. The molecule has 4 nitrogen and oxygen atoms in total. The predicted molar refractivity (Wildman–Crippen MR) is 40.7 cm³/mol. The number of hydrogen-bond acceptors (Lipinski definition) is 4. The summed E-state index contributed by atoms with van der Waals surface area (Å²) in [5.74, 6) is 0. The largest absolute Gasteiger partial charge is 0.409 e. The Labute approximate surface area is 67.8 Å². The molecule has 0 saturated carbocycles. The van der Waals surface area contributed by atoms with E-state index in [0.717, 1.165) is 0 Å². The molecule has 0 saturated heterocycles. The summed E-state index contributed by atoms with van der Waals surface area (Å²) < 4.78 is 9.48. The van der Waals surface area contributed by atoms with Crippen LogP contribution in [0.5, 0.6) is 6.08 Å². The van der Waals surface area contributed by atoms with E-state index in [9.17, 15) is 4.79 Å². The first kappa shape index (κ1) is 6.84. The molecule has 0 unspecified atom stereocenters. The normalized spacial score (nSPS) is 10.0. The number of fused-ring (bicyclic) bond motifs is 1. The first-order chi connectivity index (χ1) is 5.90. The zero-order valence-electron chi connectivity index (χ0n) is 6.06. The van der Waals surface area contributed by atoms with Gasteiger partial charge in [-0.2, -0.15) is 4.98 Å². The van der Waals surface area contributed by atoms with Gasteiger partial charge in [0, 0.05) is 0 Å². The number of nitrogens with zero attached hydrogens (tertiary/aromatic N) is 1. The number of hydrogen-bond donors (Lipinski definition) is 0. The zero-order chi connectivity index (χ0) is 8.39. The molecular weight excluding hydrogens is 158 g/mol. The third-order valence-corrected chi connectivity index (χ3v) is 1.42. The number of carbonyl (C=O) groups excluding carboxylic acids is 1. The Bertz CT molecular complexity index is 374. The molecule has 2 rings (SSSR count). The SMILES string of the molecule is O=COc1nc2ccccc2o1. The van der Waals surface area contributed by atoms with Crippen LogP contribution < -0.4 is 4.74 Å². The molecule has 0 N–H and O–H groups in total. The lowest BCUT2D eigenvalue weighted by atomic mass is 10.3. The van der Waals surface area contributed by atoms with Crippen LogP contribution in [0.3, 0.4) is 0 Å². The van der Waals surface area contributed by atoms with Gasteiger partial charge in [-0.15, -0.1) is 0 Å². The monoisotopic (exact) mass is 163 g/mol. The van der Waals surface area contributed by atoms with E-state index in [0.29, 0.717) is 11.1 Å². The highest BCUT2D eigenvalue weighted by atomic mass is 16.6. The van der Waals surface area contributed by atoms with Gasteiger partial charge in [0.1, 0.15) is 5.52 Å². The maximum Gasteiger partial charge on any atom is 0.402 e. The number of carbonyl (C=O) groups is 1. The maximum absolute atomic E-state index is 9.93. The average Bonchev–Trinajstić information content (AvgIpc) is 2.47. The Morgan fingerprint density at radius 3 is 3.00 bits per heavy atom. The average molecular weight is 163 g/mol. The fraction of sp³-hybridized carbons (Fsp3) is 0. The summed E-state index contributed by atoms with van der Waals surface area (Å²) in [5, 5.41) is 0. The van der Waals surface area contributed by atoms with Crippen molar-refractivity contribution in [2.24, 2.45) is 0 Å². The highest BCUT2D eigenvalue weighted by Gasteiger charge is 2.03. The highest BCUT2D eigenvalue weighted by molar-refractivity contribution is 5.72. The van der Waals surface area contributed by atoms with Gasteiger partial charge in [0.2, 0.25) is 0 Å². The molecule has 0 aliphatic heterocycles. The van der Waals surface area contributed by atoms with Crippen molar-refractivity contribution in [1.82, 2.24) is 4.98 Å². The van der Waals surface area contributed by atoms with Crippen molar-refractivity contribution in [3.63, 3.8) is 0 Å². The summed E-state index contributed by atoms with van der Waals surface area (Å²) in [6.45, 7) is 0.282. The molecule has 12 heavy (non-hydrogen) atoms. The van der Waals surface area contributed by atoms with Crippen molar-refractivity contribution in [3.8, 4) is 6.08 Å². The number of ether oxygens (including phenoxy) is 1. The van der Waals surface area contributed by atoms with Gasteiger partial charge in [0.25, 0.3) is 0 Å². The molecule has 0 aliphatic carbocycles. The Balaban J connectivity index is 2.54. The molecule has 1 aromatic carbocycles. The molecule has 60 valence electrons. The van der Waals surface area contributed by atoms with Crippen molar-refractivity contribution < 1.29 is 13.9 Å². The third-order valence-electron chi connectivity index (χ3n) is 1.42. The molecular formula is C8H5NO3. The van der Waals surface area contributed by atoms with E-state index in [1.807, 2.05) is 12.1 Å². The van der Waals surface area contributed by atoms with Crippen LogP contribution in [0.4, 0.5) is 0 Å². The van der Waals surface area contributed by atoms with Crippen molar-refractivity contribution in [2.45, 2.75) is 0 Å². The topological polar surface area (TPSA) is 52.3 Å². The van der Waals surface area contributed by atoms with E-state index in [2.05, 4.69) is 9.72 Å². The van der Waals surface area contributed by atoms with Gasteiger partial charge in [0.05, 0.1) is 0 Å². The minimum Gasteiger partial charge on any atom is -0.409 e. The van der Waals surface area contributed by atoms with Gasteiger partial charge < -0.3 is 9.15 Å². The smallest absolute Gasteiger partial charge is 0.402 e. The fourth-order valence-corrected chi connectivity index (χ4v) is 0.943. The Morgan fingerprint density at radius 2 is 2.25 bits per heavy atom. The maximum atomic E-state index is 9.93. The van der Waals surface area contributed by atoms with Gasteiger partial charge in [-0.1, -0.05) is 12.1 Å². The van der Waals surface area contributed by atoms with Gasteiger partial charge in [-0.3, -0.25) is 4.79 Å². The Hall–Kier alpha value is -1.84. The van der Waals surface area contributed by atoms with Crippen LogP contribution in [0.15, 0.2) is 28.7 Å². The number of rotatable bonds is 2. The van der Waals surface area contributed by atoms with Gasteiger partial charge in [-0.25, -0.2) is 0 Å². The van der Waals surface area contributed by atoms with Gasteiger partial charge in [0.15, 0.2) is 5.58 Å². The molecule has 0 atom stereocenters. The van der Waals surface area contributed by atoms with Crippen molar-refractivity contribution >= 4 is 17.6 Å². The molecule has 0 bridgehead atoms. The van der Waals surface area contributed by atoms with Gasteiger partial charge in [-0.05, 0) is 12.1 Å². The Kier molecular flexibility index (Phi) is 1.51. The summed E-state index contributed by atoms with van der Waals surface area (Å²) in [6, 6.07) is 7.17. The van der Waals surface area contributed by atoms with Crippen molar-refractivity contribution in [3.05, 3.63) is 24.3 Å². The van der Waals surface area contributed by atoms with Crippen LogP contribution in [0.1, 0.15) is 0 Å². The first-order valence-electron chi connectivity index (χ1n) is 3.36. The van der Waals surface area contributed by atoms with Crippen molar-refractivity contribution in [2.75, 3.05) is 0 Å². The molecule has 0 spiro atoms. The second kappa shape index (κ2) is 2.65. The predicted octanol–water partition coefficient (Wildman–Crippen LogP) is 1.36. The quantitative estimate of drug-likeness (QED) is 0.627. The van der Waals surface area contributed by atoms with E-state index >= 15 is 0 Å². The zero-order valence-corrected chi connectivity index (χ0v) is 6.06. The molecule has 0 amide bonds. The molecule has 0 radical (unpaired) electrons. The van der Waals surface area contributed by atoms with Crippen LogP contribution in [0.25, 0.3) is 11.1 Å². The highest BCUT2D eigenvalue weighted by Crippen LogP contribution is 2.18. The molecule has 1 aromatic heterocycles. The van der Waals surface area contributed by atoms with Crippen LogP contribution in [-0.2, 0) is 4.79 Å². The van der Waals surface area contributed by atoms with Crippen LogP contribution >= 0.6 is 0 Å². The molecule has 2 aromatic rings. The number of para-hydroxylation sites is 2. The Morgan fingerprint density at radius 1 is 1.42 bits per heavy atom. The van der Waals surface area contributed by atoms with Crippen LogP contribution in [0.2, 0.25) is 0 Å². The summed E-state index contributed by atoms with van der Waals surface area (Å²) in [4.78, 5) is 13.8. The van der Waals surface area contributed by atoms with Crippen LogP contribution in [0, 0.1) is 0 Å². The third kappa shape index (κ3) is 1.03. The van der Waals surface area contributed by atoms with E-state index < -0.39 is 0 Å². The summed E-state index contributed by atoms with van der Waals surface area (Å²) in [5.41, 5.74) is 1.28. The number of benzene rings is 1.